The quantitative estimate of drug-likeness (QED) is 0.847. The van der Waals surface area contributed by atoms with Crippen molar-refractivity contribution in [2.45, 2.75) is 33.6 Å². The highest BCUT2D eigenvalue weighted by molar-refractivity contribution is 6.00. The monoisotopic (exact) mass is 272 g/mol. The first-order valence-electron chi connectivity index (χ1n) is 6.60. The van der Waals surface area contributed by atoms with Crippen molar-refractivity contribution in [1.82, 2.24) is 15.1 Å². The highest BCUT2D eigenvalue weighted by Gasteiger charge is 2.30. The molecule has 3 heterocycles. The molecule has 1 aliphatic heterocycles. The molecule has 1 aliphatic rings. The third-order valence-corrected chi connectivity index (χ3v) is 3.79. The van der Waals surface area contributed by atoms with Crippen LogP contribution in [0, 0.1) is 20.8 Å². The van der Waals surface area contributed by atoms with Gasteiger partial charge in [-0.2, -0.15) is 0 Å². The Morgan fingerprint density at radius 2 is 2.05 bits per heavy atom. The second-order valence-electron chi connectivity index (χ2n) is 5.04. The summed E-state index contributed by atoms with van der Waals surface area (Å²) in [5, 5.41) is 3.93. The second kappa shape index (κ2) is 4.70. The molecule has 0 unspecified atom stereocenters. The Morgan fingerprint density at radius 3 is 2.75 bits per heavy atom. The smallest absolute Gasteiger partial charge is 0.232 e. The molecule has 0 saturated carbocycles. The van der Waals surface area contributed by atoms with Gasteiger partial charge in [0.2, 0.25) is 5.91 Å². The van der Waals surface area contributed by atoms with Gasteiger partial charge in [-0.05, 0) is 27.2 Å². The molecular weight excluding hydrogens is 256 g/mol. The molecule has 0 aromatic carbocycles. The summed E-state index contributed by atoms with van der Waals surface area (Å²) in [6.07, 6.45) is 2.62. The summed E-state index contributed by atoms with van der Waals surface area (Å²) >= 11 is 0. The fourth-order valence-corrected chi connectivity index (χ4v) is 2.61. The summed E-state index contributed by atoms with van der Waals surface area (Å²) in [6, 6.07) is 0. The number of anilines is 1. The van der Waals surface area contributed by atoms with Crippen molar-refractivity contribution < 1.29 is 9.32 Å². The van der Waals surface area contributed by atoms with Crippen LogP contribution in [0.2, 0.25) is 0 Å². The van der Waals surface area contributed by atoms with Crippen molar-refractivity contribution >= 4 is 11.7 Å². The van der Waals surface area contributed by atoms with E-state index in [1.807, 2.05) is 20.8 Å². The molecule has 0 atom stereocenters. The first-order valence-corrected chi connectivity index (χ1v) is 6.60. The zero-order valence-electron chi connectivity index (χ0n) is 11.8. The lowest BCUT2D eigenvalue weighted by atomic mass is 10.1. The Bertz CT molecular complexity index is 658. The first kappa shape index (κ1) is 12.8. The predicted molar refractivity (Wildman–Crippen MR) is 72.5 cm³/mol. The predicted octanol–water partition coefficient (Wildman–Crippen LogP) is 1.52. The minimum atomic E-state index is 0.0790. The van der Waals surface area contributed by atoms with E-state index in [0.717, 1.165) is 40.5 Å². The van der Waals surface area contributed by atoms with Crippen LogP contribution in [0.1, 0.15) is 28.3 Å². The van der Waals surface area contributed by atoms with E-state index in [1.54, 1.807) is 4.90 Å². The molecule has 0 aliphatic carbocycles. The van der Waals surface area contributed by atoms with Crippen LogP contribution >= 0.6 is 0 Å². The average Bonchev–Trinajstić information content (AvgIpc) is 2.90. The maximum absolute atomic E-state index is 12.1. The SMILES string of the molecule is Cc1ncnc2c1CC(=O)N2CCc1c(C)noc1C. The minimum absolute atomic E-state index is 0.0790. The maximum Gasteiger partial charge on any atom is 0.232 e. The van der Waals surface area contributed by atoms with E-state index >= 15 is 0 Å². The largest absolute Gasteiger partial charge is 0.361 e. The third-order valence-electron chi connectivity index (χ3n) is 3.79. The number of carbonyl (C=O) groups is 1. The number of carbonyl (C=O) groups excluding carboxylic acids is 1. The van der Waals surface area contributed by atoms with Crippen molar-refractivity contribution in [1.29, 1.82) is 0 Å². The van der Waals surface area contributed by atoms with Crippen LogP contribution in [0.25, 0.3) is 0 Å². The minimum Gasteiger partial charge on any atom is -0.361 e. The van der Waals surface area contributed by atoms with Gasteiger partial charge in [0.25, 0.3) is 0 Å². The molecule has 1 amide bonds. The van der Waals surface area contributed by atoms with E-state index in [9.17, 15) is 4.79 Å². The summed E-state index contributed by atoms with van der Waals surface area (Å²) in [7, 11) is 0. The van der Waals surface area contributed by atoms with Gasteiger partial charge in [0.15, 0.2) is 0 Å². The molecule has 6 heteroatoms. The molecule has 104 valence electrons. The van der Waals surface area contributed by atoms with Crippen LogP contribution in [0.4, 0.5) is 5.82 Å². The van der Waals surface area contributed by atoms with Crippen LogP contribution in [-0.4, -0.2) is 27.6 Å². The molecule has 0 radical (unpaired) electrons. The van der Waals surface area contributed by atoms with Crippen LogP contribution in [-0.2, 0) is 17.6 Å². The lowest BCUT2D eigenvalue weighted by Crippen LogP contribution is -2.29. The summed E-state index contributed by atoms with van der Waals surface area (Å²) in [6.45, 7) is 6.30. The summed E-state index contributed by atoms with van der Waals surface area (Å²) in [5.74, 6) is 1.64. The van der Waals surface area contributed by atoms with Crippen molar-refractivity contribution in [2.75, 3.05) is 11.4 Å². The van der Waals surface area contributed by atoms with Gasteiger partial charge in [-0.1, -0.05) is 5.16 Å². The van der Waals surface area contributed by atoms with E-state index in [-0.39, 0.29) is 5.91 Å². The fourth-order valence-electron chi connectivity index (χ4n) is 2.61. The number of nitrogens with zero attached hydrogens (tertiary/aromatic N) is 4. The Labute approximate surface area is 116 Å². The number of hydrogen-bond donors (Lipinski definition) is 0. The van der Waals surface area contributed by atoms with Crippen molar-refractivity contribution in [2.24, 2.45) is 0 Å². The van der Waals surface area contributed by atoms with Gasteiger partial charge in [-0.25, -0.2) is 9.97 Å². The second-order valence-corrected chi connectivity index (χ2v) is 5.04. The number of rotatable bonds is 3. The van der Waals surface area contributed by atoms with Gasteiger partial charge in [-0.3, -0.25) is 9.69 Å². The van der Waals surface area contributed by atoms with E-state index in [0.29, 0.717) is 13.0 Å². The number of aryl methyl sites for hydroxylation is 3. The van der Waals surface area contributed by atoms with E-state index in [2.05, 4.69) is 15.1 Å². The topological polar surface area (TPSA) is 72.1 Å². The molecule has 20 heavy (non-hydrogen) atoms. The highest BCUT2D eigenvalue weighted by atomic mass is 16.5. The van der Waals surface area contributed by atoms with Gasteiger partial charge in [-0.15, -0.1) is 0 Å². The zero-order chi connectivity index (χ0) is 14.3. The molecule has 0 saturated heterocycles. The van der Waals surface area contributed by atoms with Gasteiger partial charge < -0.3 is 4.52 Å². The highest BCUT2D eigenvalue weighted by Crippen LogP contribution is 2.28. The first-order chi connectivity index (χ1) is 9.58. The van der Waals surface area contributed by atoms with Crippen molar-refractivity contribution in [3.8, 4) is 0 Å². The Kier molecular flexibility index (Phi) is 3.00. The fraction of sp³-hybridized carbons (Fsp3) is 0.429. The molecule has 0 spiro atoms. The molecule has 0 bridgehead atoms. The van der Waals surface area contributed by atoms with E-state index in [1.165, 1.54) is 6.33 Å². The van der Waals surface area contributed by atoms with E-state index in [4.69, 9.17) is 4.52 Å². The Morgan fingerprint density at radius 1 is 1.25 bits per heavy atom. The number of amides is 1. The van der Waals surface area contributed by atoms with Gasteiger partial charge in [0.05, 0.1) is 12.1 Å². The van der Waals surface area contributed by atoms with Gasteiger partial charge >= 0.3 is 0 Å². The average molecular weight is 272 g/mol. The summed E-state index contributed by atoms with van der Waals surface area (Å²) < 4.78 is 5.15. The molecule has 0 fully saturated rings. The molecule has 6 nitrogen and oxygen atoms in total. The van der Waals surface area contributed by atoms with Crippen LogP contribution in [0.15, 0.2) is 10.9 Å². The van der Waals surface area contributed by atoms with Crippen LogP contribution in [0.3, 0.4) is 0 Å². The van der Waals surface area contributed by atoms with Crippen LogP contribution in [0.5, 0.6) is 0 Å². The normalized spacial score (nSPS) is 13.9. The molecule has 2 aromatic rings. The van der Waals surface area contributed by atoms with Gasteiger partial charge in [0, 0.05) is 23.4 Å². The molecule has 3 rings (SSSR count). The molecule has 2 aromatic heterocycles. The maximum atomic E-state index is 12.1. The van der Waals surface area contributed by atoms with Crippen molar-refractivity contribution in [3.63, 3.8) is 0 Å². The zero-order valence-corrected chi connectivity index (χ0v) is 11.8. The lowest BCUT2D eigenvalue weighted by molar-refractivity contribution is -0.117. The molecular formula is C14H16N4O2. The standard InChI is InChI=1S/C14H16N4O2/c1-8-12-6-13(19)18(14(12)16-7-15-8)5-4-11-9(2)17-20-10(11)3/h7H,4-6H2,1-3H3. The lowest BCUT2D eigenvalue weighted by Gasteiger charge is -2.16. The van der Waals surface area contributed by atoms with Crippen LogP contribution < -0.4 is 4.90 Å². The van der Waals surface area contributed by atoms with Gasteiger partial charge in [0.1, 0.15) is 17.9 Å². The third kappa shape index (κ3) is 1.97. The Balaban J connectivity index is 1.83. The summed E-state index contributed by atoms with van der Waals surface area (Å²) in [4.78, 5) is 22.3. The number of aromatic nitrogens is 3. The Hall–Kier alpha value is -2.24. The number of hydrogen-bond acceptors (Lipinski definition) is 5. The summed E-state index contributed by atoms with van der Waals surface area (Å²) in [5.41, 5.74) is 3.77. The van der Waals surface area contributed by atoms with Crippen molar-refractivity contribution in [3.05, 3.63) is 34.6 Å². The van der Waals surface area contributed by atoms with E-state index < -0.39 is 0 Å². The number of fused-ring (bicyclic) bond motifs is 1. The molecule has 0 N–H and O–H groups in total.